The molecule has 0 saturated heterocycles. The van der Waals surface area contributed by atoms with Crippen LogP contribution >= 0.6 is 11.6 Å². The molecule has 1 fully saturated rings. The maximum absolute atomic E-state index is 15.2. The topological polar surface area (TPSA) is 69.7 Å². The Morgan fingerprint density at radius 1 is 1.16 bits per heavy atom. The minimum absolute atomic E-state index is 0.00796. The molecule has 9 heteroatoms. The average molecular weight is 471 g/mol. The second kappa shape index (κ2) is 7.74. The molecule has 2 aromatic carbocycles. The van der Waals surface area contributed by atoms with Crippen LogP contribution < -0.4 is 4.74 Å². The number of fused-ring (bicyclic) bond motifs is 3. The van der Waals surface area contributed by atoms with Gasteiger partial charge in [0.15, 0.2) is 21.4 Å². The summed E-state index contributed by atoms with van der Waals surface area (Å²) < 4.78 is 66.7. The molecule has 0 radical (unpaired) electrons. The lowest BCUT2D eigenvalue weighted by Gasteiger charge is -2.51. The lowest BCUT2D eigenvalue weighted by atomic mass is 9.63. The Kier molecular flexibility index (Phi) is 5.50. The summed E-state index contributed by atoms with van der Waals surface area (Å²) in [5.41, 5.74) is -0.362. The number of esters is 1. The zero-order chi connectivity index (χ0) is 22.6. The van der Waals surface area contributed by atoms with Crippen LogP contribution in [0, 0.1) is 29.4 Å². The number of benzene rings is 2. The predicted molar refractivity (Wildman–Crippen MR) is 110 cm³/mol. The van der Waals surface area contributed by atoms with Crippen LogP contribution in [-0.4, -0.2) is 28.1 Å². The molecule has 1 saturated carbocycles. The van der Waals surface area contributed by atoms with Crippen molar-refractivity contribution in [3.8, 4) is 5.75 Å². The van der Waals surface area contributed by atoms with Crippen LogP contribution in [0.5, 0.6) is 5.75 Å². The molecular weight excluding hydrogens is 450 g/mol. The van der Waals surface area contributed by atoms with E-state index in [1.165, 1.54) is 31.4 Å². The number of hydrogen-bond donors (Lipinski definition) is 0. The van der Waals surface area contributed by atoms with Gasteiger partial charge in [0.05, 0.1) is 30.1 Å². The highest BCUT2D eigenvalue weighted by Gasteiger charge is 2.63. The van der Waals surface area contributed by atoms with Crippen molar-refractivity contribution in [3.63, 3.8) is 0 Å². The van der Waals surface area contributed by atoms with Crippen molar-refractivity contribution in [1.82, 2.24) is 0 Å². The standard InChI is InChI=1S/C22H21ClF2O5S/c1-12-9-10-22(31(27,28)14-5-3-13(23)4-6-14)15(18(12)21(26)29-2)11-30-20-17(25)8-7-16(24)19(20)22/h3-8,12,15,18H,9-11H2,1-2H3/t12-,15+,18-,22+/m1/s1. The molecule has 0 bridgehead atoms. The normalized spacial score (nSPS) is 27.6. The Morgan fingerprint density at radius 2 is 1.81 bits per heavy atom. The van der Waals surface area contributed by atoms with Gasteiger partial charge < -0.3 is 9.47 Å². The van der Waals surface area contributed by atoms with Crippen molar-refractivity contribution in [3.05, 3.63) is 58.6 Å². The van der Waals surface area contributed by atoms with Gasteiger partial charge in [-0.2, -0.15) is 0 Å². The van der Waals surface area contributed by atoms with Crippen LogP contribution in [0.25, 0.3) is 0 Å². The molecule has 1 heterocycles. The van der Waals surface area contributed by atoms with Crippen molar-refractivity contribution < 1.29 is 31.5 Å². The zero-order valence-corrected chi connectivity index (χ0v) is 18.5. The van der Waals surface area contributed by atoms with Gasteiger partial charge in [0.25, 0.3) is 0 Å². The van der Waals surface area contributed by atoms with Crippen molar-refractivity contribution in [1.29, 1.82) is 0 Å². The molecular formula is C22H21ClF2O5S. The summed E-state index contributed by atoms with van der Waals surface area (Å²) in [5.74, 6) is -4.83. The van der Waals surface area contributed by atoms with E-state index in [0.717, 1.165) is 12.1 Å². The minimum Gasteiger partial charge on any atom is -0.490 e. The van der Waals surface area contributed by atoms with Crippen LogP contribution in [0.4, 0.5) is 8.78 Å². The predicted octanol–water partition coefficient (Wildman–Crippen LogP) is 4.52. The average Bonchev–Trinajstić information content (AvgIpc) is 2.75. The number of carbonyl (C=O) groups excluding carboxylic acids is 1. The Labute approximate surface area is 184 Å². The summed E-state index contributed by atoms with van der Waals surface area (Å²) in [6.07, 6.45) is 0.312. The van der Waals surface area contributed by atoms with E-state index in [1.54, 1.807) is 0 Å². The number of sulfone groups is 1. The number of halogens is 3. The molecule has 4 atom stereocenters. The van der Waals surface area contributed by atoms with Crippen LogP contribution in [0.1, 0.15) is 25.3 Å². The molecule has 0 amide bonds. The van der Waals surface area contributed by atoms with Crippen molar-refractivity contribution in [2.45, 2.75) is 29.4 Å². The molecule has 0 spiro atoms. The van der Waals surface area contributed by atoms with Crippen LogP contribution in [0.2, 0.25) is 5.02 Å². The highest BCUT2D eigenvalue weighted by atomic mass is 35.5. The van der Waals surface area contributed by atoms with Gasteiger partial charge in [-0.15, -0.1) is 0 Å². The Morgan fingerprint density at radius 3 is 2.45 bits per heavy atom. The van der Waals surface area contributed by atoms with Gasteiger partial charge >= 0.3 is 5.97 Å². The first-order chi connectivity index (χ1) is 14.6. The third kappa shape index (κ3) is 3.14. The molecule has 1 aliphatic carbocycles. The van der Waals surface area contributed by atoms with Gasteiger partial charge in [-0.25, -0.2) is 17.2 Å². The van der Waals surface area contributed by atoms with E-state index in [9.17, 15) is 17.6 Å². The highest BCUT2D eigenvalue weighted by Crippen LogP contribution is 2.59. The van der Waals surface area contributed by atoms with Crippen LogP contribution in [0.3, 0.4) is 0 Å². The molecule has 1 aliphatic heterocycles. The van der Waals surface area contributed by atoms with E-state index in [-0.39, 0.29) is 29.4 Å². The first kappa shape index (κ1) is 22.0. The fourth-order valence-corrected chi connectivity index (χ4v) is 7.61. The number of carbonyl (C=O) groups is 1. The minimum atomic E-state index is -4.30. The highest BCUT2D eigenvalue weighted by molar-refractivity contribution is 7.92. The van der Waals surface area contributed by atoms with Gasteiger partial charge in [0.1, 0.15) is 10.6 Å². The summed E-state index contributed by atoms with van der Waals surface area (Å²) >= 11 is 5.93. The first-order valence-electron chi connectivity index (χ1n) is 9.84. The third-order valence-corrected chi connectivity index (χ3v) is 9.40. The molecule has 2 aromatic rings. The first-order valence-corrected chi connectivity index (χ1v) is 11.7. The number of hydrogen-bond acceptors (Lipinski definition) is 5. The Bertz CT molecular complexity index is 1140. The Hall–Kier alpha value is -2.19. The van der Waals surface area contributed by atoms with Gasteiger partial charge in [0.2, 0.25) is 0 Å². The Balaban J connectivity index is 2.05. The maximum atomic E-state index is 15.2. The van der Waals surface area contributed by atoms with Crippen molar-refractivity contribution >= 4 is 27.4 Å². The van der Waals surface area contributed by atoms with E-state index in [4.69, 9.17) is 21.1 Å². The fraction of sp³-hybridized carbons (Fsp3) is 0.409. The summed E-state index contributed by atoms with van der Waals surface area (Å²) in [6.45, 7) is 1.56. The second-order valence-corrected chi connectivity index (χ2v) is 10.7. The number of methoxy groups -OCH3 is 1. The molecule has 4 rings (SSSR count). The molecule has 5 nitrogen and oxygen atoms in total. The molecule has 166 valence electrons. The lowest BCUT2D eigenvalue weighted by molar-refractivity contribution is -0.153. The van der Waals surface area contributed by atoms with E-state index in [2.05, 4.69) is 0 Å². The largest absolute Gasteiger partial charge is 0.490 e. The van der Waals surface area contributed by atoms with Gasteiger partial charge in [0, 0.05) is 10.9 Å². The lowest BCUT2D eigenvalue weighted by Crippen LogP contribution is -2.57. The summed E-state index contributed by atoms with van der Waals surface area (Å²) in [7, 11) is -3.09. The van der Waals surface area contributed by atoms with E-state index in [1.807, 2.05) is 6.92 Å². The maximum Gasteiger partial charge on any atom is 0.309 e. The fourth-order valence-electron chi connectivity index (χ4n) is 5.11. The van der Waals surface area contributed by atoms with E-state index >= 15 is 4.39 Å². The number of ether oxygens (including phenoxy) is 2. The molecule has 0 aromatic heterocycles. The summed E-state index contributed by atoms with van der Waals surface area (Å²) in [6, 6.07) is 7.31. The van der Waals surface area contributed by atoms with Crippen molar-refractivity contribution in [2.75, 3.05) is 13.7 Å². The van der Waals surface area contributed by atoms with E-state index in [0.29, 0.717) is 11.4 Å². The van der Waals surface area contributed by atoms with Crippen LogP contribution in [-0.2, 0) is 24.1 Å². The number of rotatable bonds is 3. The van der Waals surface area contributed by atoms with Gasteiger partial charge in [-0.05, 0) is 55.2 Å². The quantitative estimate of drug-likeness (QED) is 0.617. The molecule has 2 aliphatic rings. The van der Waals surface area contributed by atoms with E-state index < -0.39 is 49.8 Å². The SMILES string of the molecule is COC(=O)[C@@H]1[C@H](C)CC[C@@]2(S(=O)(=O)c3ccc(Cl)cc3)c3c(F)ccc(F)c3OC[C@@H]12. The van der Waals surface area contributed by atoms with Crippen LogP contribution in [0.15, 0.2) is 41.3 Å². The second-order valence-electron chi connectivity index (χ2n) is 8.06. The zero-order valence-electron chi connectivity index (χ0n) is 16.9. The van der Waals surface area contributed by atoms with Crippen molar-refractivity contribution in [2.24, 2.45) is 17.8 Å². The monoisotopic (exact) mass is 470 g/mol. The molecule has 0 N–H and O–H groups in total. The summed E-state index contributed by atoms with van der Waals surface area (Å²) in [5, 5.41) is 0.335. The molecule has 31 heavy (non-hydrogen) atoms. The summed E-state index contributed by atoms with van der Waals surface area (Å²) in [4.78, 5) is 12.6. The van der Waals surface area contributed by atoms with Gasteiger partial charge in [-0.3, -0.25) is 4.79 Å². The third-order valence-electron chi connectivity index (χ3n) is 6.58. The molecule has 0 unspecified atom stereocenters. The smallest absolute Gasteiger partial charge is 0.309 e. The van der Waals surface area contributed by atoms with Gasteiger partial charge in [-0.1, -0.05) is 18.5 Å².